The summed E-state index contributed by atoms with van der Waals surface area (Å²) in [5.74, 6) is -2.29. The van der Waals surface area contributed by atoms with Crippen LogP contribution >= 0.6 is 0 Å². The molecule has 1 fully saturated rings. The second-order valence-corrected chi connectivity index (χ2v) is 6.43. The Morgan fingerprint density at radius 1 is 1.33 bits per heavy atom. The van der Waals surface area contributed by atoms with Crippen LogP contribution in [0.15, 0.2) is 12.1 Å². The number of nitro benzene ring substituents is 1. The van der Waals surface area contributed by atoms with Crippen molar-refractivity contribution >= 4 is 17.3 Å². The van der Waals surface area contributed by atoms with E-state index in [0.717, 1.165) is 6.07 Å². The van der Waals surface area contributed by atoms with E-state index < -0.39 is 28.0 Å². The van der Waals surface area contributed by atoms with Crippen molar-refractivity contribution in [1.82, 2.24) is 0 Å². The van der Waals surface area contributed by atoms with Crippen LogP contribution in [0.2, 0.25) is 0 Å². The average molecular weight is 296 g/mol. The van der Waals surface area contributed by atoms with Gasteiger partial charge in [-0.3, -0.25) is 10.1 Å². The lowest BCUT2D eigenvalue weighted by Crippen LogP contribution is -2.13. The first kappa shape index (κ1) is 15.2. The predicted molar refractivity (Wildman–Crippen MR) is 75.0 cm³/mol. The topological polar surface area (TPSA) is 92.5 Å². The summed E-state index contributed by atoms with van der Waals surface area (Å²) in [6.07, 6.45) is 0. The smallest absolute Gasteiger partial charge is 0.342 e. The molecule has 1 aromatic rings. The van der Waals surface area contributed by atoms with Crippen molar-refractivity contribution in [2.45, 2.75) is 33.7 Å². The van der Waals surface area contributed by atoms with Crippen LogP contribution in [0.25, 0.3) is 0 Å². The fourth-order valence-electron chi connectivity index (χ4n) is 2.71. The van der Waals surface area contributed by atoms with Crippen molar-refractivity contribution in [3.8, 4) is 0 Å². The number of rotatable bonds is 4. The van der Waals surface area contributed by atoms with Gasteiger partial charge in [-0.25, -0.2) is 9.18 Å². The second-order valence-electron chi connectivity index (χ2n) is 6.43. The minimum atomic E-state index is -1.46. The number of nitrogens with zero attached hydrogens (tertiary/aromatic N) is 1. The largest absolute Gasteiger partial charge is 0.477 e. The number of carboxylic acids is 1. The second kappa shape index (κ2) is 4.41. The molecular formula is C14H17FN2O4. The molecule has 0 atom stereocenters. The van der Waals surface area contributed by atoms with E-state index in [2.05, 4.69) is 5.32 Å². The van der Waals surface area contributed by atoms with E-state index >= 15 is 0 Å². The predicted octanol–water partition coefficient (Wildman–Crippen LogP) is 3.28. The average Bonchev–Trinajstić information content (AvgIpc) is 2.72. The standard InChI is InChI=1S/C14H17FN2O4/c1-13(2)12(14(13,3)4)16-9-5-7(11(18)19)10(17(20)21)6-8(9)15/h5-6,12,16H,1-4H3,(H,18,19). The first-order valence-corrected chi connectivity index (χ1v) is 6.48. The van der Waals surface area contributed by atoms with Crippen LogP contribution in [0.5, 0.6) is 0 Å². The molecular weight excluding hydrogens is 279 g/mol. The van der Waals surface area contributed by atoms with Gasteiger partial charge in [-0.05, 0) is 16.9 Å². The van der Waals surface area contributed by atoms with Crippen molar-refractivity contribution in [2.24, 2.45) is 10.8 Å². The number of nitrogens with one attached hydrogen (secondary N) is 1. The highest BCUT2D eigenvalue weighted by Crippen LogP contribution is 2.63. The van der Waals surface area contributed by atoms with E-state index in [1.165, 1.54) is 0 Å². The molecule has 1 aliphatic rings. The minimum absolute atomic E-state index is 0.0262. The van der Waals surface area contributed by atoms with Gasteiger partial charge >= 0.3 is 5.97 Å². The Bertz CT molecular complexity index is 626. The highest BCUT2D eigenvalue weighted by Gasteiger charge is 2.65. The monoisotopic (exact) mass is 296 g/mol. The van der Waals surface area contributed by atoms with Crippen LogP contribution in [0.1, 0.15) is 38.1 Å². The Morgan fingerprint density at radius 3 is 2.24 bits per heavy atom. The van der Waals surface area contributed by atoms with E-state index in [9.17, 15) is 19.3 Å². The zero-order valence-electron chi connectivity index (χ0n) is 12.2. The van der Waals surface area contributed by atoms with Gasteiger partial charge in [0.2, 0.25) is 0 Å². The van der Waals surface area contributed by atoms with Crippen LogP contribution in [-0.2, 0) is 0 Å². The van der Waals surface area contributed by atoms with Gasteiger partial charge in [-0.15, -0.1) is 0 Å². The van der Waals surface area contributed by atoms with Crippen molar-refractivity contribution in [1.29, 1.82) is 0 Å². The number of anilines is 1. The molecule has 114 valence electrons. The van der Waals surface area contributed by atoms with Crippen LogP contribution < -0.4 is 5.32 Å². The van der Waals surface area contributed by atoms with E-state index in [0.29, 0.717) is 6.07 Å². The Labute approximate surface area is 121 Å². The van der Waals surface area contributed by atoms with Crippen LogP contribution in [-0.4, -0.2) is 22.0 Å². The molecule has 0 amide bonds. The molecule has 0 radical (unpaired) electrons. The molecule has 0 saturated heterocycles. The van der Waals surface area contributed by atoms with Crippen molar-refractivity contribution in [2.75, 3.05) is 5.32 Å². The van der Waals surface area contributed by atoms with Gasteiger partial charge in [0, 0.05) is 6.04 Å². The van der Waals surface area contributed by atoms with Gasteiger partial charge in [-0.2, -0.15) is 0 Å². The van der Waals surface area contributed by atoms with Crippen molar-refractivity contribution in [3.63, 3.8) is 0 Å². The molecule has 1 saturated carbocycles. The Morgan fingerprint density at radius 2 is 1.86 bits per heavy atom. The molecule has 0 spiro atoms. The van der Waals surface area contributed by atoms with E-state index in [-0.39, 0.29) is 22.6 Å². The van der Waals surface area contributed by atoms with Gasteiger partial charge in [0.1, 0.15) is 5.56 Å². The third-order valence-corrected chi connectivity index (χ3v) is 4.83. The quantitative estimate of drug-likeness (QED) is 0.657. The number of carboxylic acid groups (broad SMARTS) is 1. The van der Waals surface area contributed by atoms with Crippen molar-refractivity contribution in [3.05, 3.63) is 33.6 Å². The lowest BCUT2D eigenvalue weighted by Gasteiger charge is -2.10. The third-order valence-electron chi connectivity index (χ3n) is 4.83. The van der Waals surface area contributed by atoms with Crippen LogP contribution in [0, 0.1) is 26.8 Å². The molecule has 0 heterocycles. The summed E-state index contributed by atoms with van der Waals surface area (Å²) in [4.78, 5) is 21.0. The zero-order chi connectivity index (χ0) is 16.2. The summed E-state index contributed by atoms with van der Waals surface area (Å²) >= 11 is 0. The SMILES string of the molecule is CC1(C)C(Nc2cc(C(=O)O)c([N+](=O)[O-])cc2F)C1(C)C. The Kier molecular flexibility index (Phi) is 3.19. The van der Waals surface area contributed by atoms with Crippen molar-refractivity contribution < 1.29 is 19.2 Å². The molecule has 2 rings (SSSR count). The maximum atomic E-state index is 14.0. The van der Waals surface area contributed by atoms with Gasteiger partial charge in [0.25, 0.3) is 5.69 Å². The van der Waals surface area contributed by atoms with Gasteiger partial charge in [0.05, 0.1) is 16.7 Å². The molecule has 2 N–H and O–H groups in total. The van der Waals surface area contributed by atoms with E-state index in [1.54, 1.807) is 0 Å². The summed E-state index contributed by atoms with van der Waals surface area (Å²) in [5.41, 5.74) is -1.46. The lowest BCUT2D eigenvalue weighted by molar-refractivity contribution is -0.385. The maximum absolute atomic E-state index is 14.0. The van der Waals surface area contributed by atoms with Gasteiger partial charge in [0.15, 0.2) is 5.82 Å². The molecule has 0 aliphatic heterocycles. The number of hydrogen-bond donors (Lipinski definition) is 2. The molecule has 0 aromatic heterocycles. The molecule has 0 unspecified atom stereocenters. The Hall–Kier alpha value is -2.18. The number of carbonyl (C=O) groups is 1. The van der Waals surface area contributed by atoms with E-state index in [1.807, 2.05) is 27.7 Å². The third kappa shape index (κ3) is 2.22. The summed E-state index contributed by atoms with van der Waals surface area (Å²) in [7, 11) is 0. The number of hydrogen-bond acceptors (Lipinski definition) is 4. The molecule has 7 heteroatoms. The maximum Gasteiger partial charge on any atom is 0.342 e. The van der Waals surface area contributed by atoms with Gasteiger partial charge < -0.3 is 10.4 Å². The van der Waals surface area contributed by atoms with Crippen LogP contribution in [0.3, 0.4) is 0 Å². The zero-order valence-corrected chi connectivity index (χ0v) is 12.2. The molecule has 6 nitrogen and oxygen atoms in total. The van der Waals surface area contributed by atoms with Crippen LogP contribution in [0.4, 0.5) is 15.8 Å². The fraction of sp³-hybridized carbons (Fsp3) is 0.500. The number of benzene rings is 1. The summed E-state index contributed by atoms with van der Waals surface area (Å²) in [5, 5.41) is 22.8. The van der Waals surface area contributed by atoms with Gasteiger partial charge in [-0.1, -0.05) is 27.7 Å². The Balaban J connectivity index is 2.41. The molecule has 1 aliphatic carbocycles. The number of nitro groups is 1. The van der Waals surface area contributed by atoms with E-state index in [4.69, 9.17) is 5.11 Å². The molecule has 1 aromatic carbocycles. The lowest BCUT2D eigenvalue weighted by atomic mass is 10.0. The highest BCUT2D eigenvalue weighted by atomic mass is 19.1. The summed E-state index contributed by atoms with van der Waals surface area (Å²) in [6, 6.07) is 1.59. The number of aromatic carboxylic acids is 1. The molecule has 21 heavy (non-hydrogen) atoms. The fourth-order valence-corrected chi connectivity index (χ4v) is 2.71. The normalized spacial score (nSPS) is 19.1. The summed E-state index contributed by atoms with van der Waals surface area (Å²) < 4.78 is 14.0. The highest BCUT2D eigenvalue weighted by molar-refractivity contribution is 5.93. The summed E-state index contributed by atoms with van der Waals surface area (Å²) in [6.45, 7) is 8.08. The first-order chi connectivity index (χ1) is 9.50. The molecule has 0 bridgehead atoms. The number of halogens is 1. The minimum Gasteiger partial charge on any atom is -0.477 e. The first-order valence-electron chi connectivity index (χ1n) is 6.48.